The van der Waals surface area contributed by atoms with Crippen LogP contribution in [-0.2, 0) is 11.2 Å². The second kappa shape index (κ2) is 5.48. The van der Waals surface area contributed by atoms with Gasteiger partial charge in [-0.3, -0.25) is 4.79 Å². The van der Waals surface area contributed by atoms with Gasteiger partial charge in [0.05, 0.1) is 12.1 Å². The summed E-state index contributed by atoms with van der Waals surface area (Å²) < 4.78 is 0. The third-order valence-corrected chi connectivity index (χ3v) is 2.78. The highest BCUT2D eigenvalue weighted by atomic mass is 16.4. The zero-order valence-corrected chi connectivity index (χ0v) is 10.8. The number of aromatic amines is 1. The molecule has 0 saturated carbocycles. The summed E-state index contributed by atoms with van der Waals surface area (Å²) in [5.74, 6) is -1.50. The summed E-state index contributed by atoms with van der Waals surface area (Å²) in [6.45, 7) is 1.70. The maximum Gasteiger partial charge on any atom is 0.354 e. The minimum atomic E-state index is -1.14. The zero-order chi connectivity index (χ0) is 14.7. The van der Waals surface area contributed by atoms with Gasteiger partial charge in [-0.05, 0) is 19.1 Å². The highest BCUT2D eigenvalue weighted by Crippen LogP contribution is 2.19. The molecule has 0 radical (unpaired) electrons. The predicted octanol–water partition coefficient (Wildman–Crippen LogP) is 1.91. The largest absolute Gasteiger partial charge is 0.508 e. The number of phenols is 1. The number of rotatable bonds is 4. The van der Waals surface area contributed by atoms with Crippen molar-refractivity contribution in [2.45, 2.75) is 13.3 Å². The van der Waals surface area contributed by atoms with E-state index in [1.165, 1.54) is 6.07 Å². The van der Waals surface area contributed by atoms with Crippen LogP contribution in [0.25, 0.3) is 0 Å². The van der Waals surface area contributed by atoms with Gasteiger partial charge in [0.25, 0.3) is 0 Å². The normalized spacial score (nSPS) is 10.2. The van der Waals surface area contributed by atoms with E-state index in [2.05, 4.69) is 10.3 Å². The third kappa shape index (κ3) is 2.97. The molecule has 2 rings (SSSR count). The molecular formula is C14H14N2O4. The van der Waals surface area contributed by atoms with Crippen molar-refractivity contribution in [3.63, 3.8) is 0 Å². The van der Waals surface area contributed by atoms with Gasteiger partial charge in [-0.1, -0.05) is 18.2 Å². The lowest BCUT2D eigenvalue weighted by atomic mass is 10.1. The van der Waals surface area contributed by atoms with Gasteiger partial charge in [0.2, 0.25) is 5.91 Å². The number of amides is 1. The lowest BCUT2D eigenvalue weighted by Crippen LogP contribution is -2.16. The maximum atomic E-state index is 11.9. The zero-order valence-electron chi connectivity index (χ0n) is 10.8. The van der Waals surface area contributed by atoms with Crippen LogP contribution in [0, 0.1) is 6.92 Å². The van der Waals surface area contributed by atoms with Gasteiger partial charge in [0, 0.05) is 11.3 Å². The van der Waals surface area contributed by atoms with E-state index in [1.54, 1.807) is 31.2 Å². The number of hydrogen-bond acceptors (Lipinski definition) is 3. The van der Waals surface area contributed by atoms with Crippen LogP contribution in [0.15, 0.2) is 30.3 Å². The number of H-pyrrole nitrogens is 1. The number of benzene rings is 1. The molecule has 6 nitrogen and oxygen atoms in total. The summed E-state index contributed by atoms with van der Waals surface area (Å²) in [4.78, 5) is 25.6. The van der Waals surface area contributed by atoms with Crippen molar-refractivity contribution in [2.24, 2.45) is 0 Å². The Bertz CT molecular complexity index is 661. The molecule has 6 heteroatoms. The molecule has 0 aliphatic heterocycles. The van der Waals surface area contributed by atoms with Crippen LogP contribution >= 0.6 is 0 Å². The second-order valence-corrected chi connectivity index (χ2v) is 4.40. The van der Waals surface area contributed by atoms with Crippen molar-refractivity contribution in [2.75, 3.05) is 5.32 Å². The van der Waals surface area contributed by atoms with Gasteiger partial charge >= 0.3 is 5.97 Å². The van der Waals surface area contributed by atoms with Crippen LogP contribution in [0.2, 0.25) is 0 Å². The summed E-state index contributed by atoms with van der Waals surface area (Å²) in [5.41, 5.74) is 1.28. The first-order chi connectivity index (χ1) is 9.47. The molecule has 20 heavy (non-hydrogen) atoms. The third-order valence-electron chi connectivity index (χ3n) is 2.78. The summed E-state index contributed by atoms with van der Waals surface area (Å²) in [7, 11) is 0. The monoisotopic (exact) mass is 274 g/mol. The predicted molar refractivity (Wildman–Crippen MR) is 72.9 cm³/mol. The molecule has 0 unspecified atom stereocenters. The van der Waals surface area contributed by atoms with Crippen molar-refractivity contribution in [1.82, 2.24) is 4.98 Å². The van der Waals surface area contributed by atoms with Crippen molar-refractivity contribution in [1.29, 1.82) is 0 Å². The first-order valence-electron chi connectivity index (χ1n) is 5.97. The van der Waals surface area contributed by atoms with Crippen LogP contribution in [0.5, 0.6) is 5.75 Å². The standard InChI is InChI=1S/C14H14N2O4/c1-8-6-10(13(15-8)14(19)20)16-12(18)7-9-4-2-3-5-11(9)17/h2-6,15,17H,7H2,1H3,(H,16,18)(H,19,20). The van der Waals surface area contributed by atoms with Gasteiger partial charge in [0.1, 0.15) is 11.4 Å². The average Bonchev–Trinajstić information content (AvgIpc) is 2.73. The highest BCUT2D eigenvalue weighted by molar-refractivity contribution is 6.00. The number of phenolic OH excluding ortho intramolecular Hbond substituents is 1. The number of aromatic carboxylic acids is 1. The Kier molecular flexibility index (Phi) is 3.74. The molecule has 0 aliphatic rings. The number of aryl methyl sites for hydroxylation is 1. The Morgan fingerprint density at radius 1 is 1.30 bits per heavy atom. The molecule has 0 fully saturated rings. The second-order valence-electron chi connectivity index (χ2n) is 4.40. The number of hydrogen-bond donors (Lipinski definition) is 4. The van der Waals surface area contributed by atoms with Crippen molar-refractivity contribution in [3.05, 3.63) is 47.3 Å². The average molecular weight is 274 g/mol. The fourth-order valence-electron chi connectivity index (χ4n) is 1.88. The van der Waals surface area contributed by atoms with E-state index in [0.29, 0.717) is 11.3 Å². The number of aromatic nitrogens is 1. The van der Waals surface area contributed by atoms with E-state index in [1.807, 2.05) is 0 Å². The van der Waals surface area contributed by atoms with Gasteiger partial charge in [-0.25, -0.2) is 4.79 Å². The van der Waals surface area contributed by atoms with Crippen molar-refractivity contribution in [3.8, 4) is 5.75 Å². The van der Waals surface area contributed by atoms with Gasteiger partial charge in [0.15, 0.2) is 0 Å². The van der Waals surface area contributed by atoms with Gasteiger partial charge in [-0.2, -0.15) is 0 Å². The Balaban J connectivity index is 2.13. The molecule has 1 aromatic carbocycles. The number of nitrogens with one attached hydrogen (secondary N) is 2. The van der Waals surface area contributed by atoms with Crippen molar-refractivity contribution < 1.29 is 19.8 Å². The molecule has 104 valence electrons. The van der Waals surface area contributed by atoms with E-state index in [0.717, 1.165) is 0 Å². The summed E-state index contributed by atoms with van der Waals surface area (Å²) in [5, 5.41) is 21.1. The molecule has 4 N–H and O–H groups in total. The first kappa shape index (κ1) is 13.7. The van der Waals surface area contributed by atoms with Gasteiger partial charge in [-0.15, -0.1) is 0 Å². The number of anilines is 1. The molecule has 0 spiro atoms. The van der Waals surface area contributed by atoms with Crippen LogP contribution in [0.4, 0.5) is 5.69 Å². The Labute approximate surface area is 115 Å². The number of carbonyl (C=O) groups excluding carboxylic acids is 1. The van der Waals surface area contributed by atoms with Crippen LogP contribution in [0.3, 0.4) is 0 Å². The number of para-hydroxylation sites is 1. The Morgan fingerprint density at radius 3 is 2.65 bits per heavy atom. The number of carboxylic acids is 1. The highest BCUT2D eigenvalue weighted by Gasteiger charge is 2.16. The number of carbonyl (C=O) groups is 2. The fourth-order valence-corrected chi connectivity index (χ4v) is 1.88. The van der Waals surface area contributed by atoms with E-state index < -0.39 is 11.9 Å². The Morgan fingerprint density at radius 2 is 2.00 bits per heavy atom. The Hall–Kier alpha value is -2.76. The summed E-state index contributed by atoms with van der Waals surface area (Å²) >= 11 is 0. The SMILES string of the molecule is Cc1cc(NC(=O)Cc2ccccc2O)c(C(=O)O)[nH]1. The van der Waals surface area contributed by atoms with E-state index in [4.69, 9.17) is 5.11 Å². The molecule has 1 amide bonds. The molecule has 2 aromatic rings. The lowest BCUT2D eigenvalue weighted by molar-refractivity contribution is -0.115. The van der Waals surface area contributed by atoms with Gasteiger partial charge < -0.3 is 20.5 Å². The summed E-state index contributed by atoms with van der Waals surface area (Å²) in [6, 6.07) is 8.05. The molecule has 0 saturated heterocycles. The van der Waals surface area contributed by atoms with Crippen molar-refractivity contribution >= 4 is 17.6 Å². The molecule has 1 aromatic heterocycles. The van der Waals surface area contributed by atoms with E-state index in [-0.39, 0.29) is 23.6 Å². The smallest absolute Gasteiger partial charge is 0.354 e. The minimum absolute atomic E-state index is 0.0318. The molecule has 1 heterocycles. The number of aromatic hydroxyl groups is 1. The van der Waals surface area contributed by atoms with Crippen LogP contribution in [-0.4, -0.2) is 27.1 Å². The quantitative estimate of drug-likeness (QED) is 0.683. The topological polar surface area (TPSA) is 102 Å². The van der Waals surface area contributed by atoms with Crippen LogP contribution < -0.4 is 5.32 Å². The van der Waals surface area contributed by atoms with E-state index in [9.17, 15) is 14.7 Å². The molecule has 0 aliphatic carbocycles. The lowest BCUT2D eigenvalue weighted by Gasteiger charge is -2.06. The molecule has 0 atom stereocenters. The fraction of sp³-hybridized carbons (Fsp3) is 0.143. The number of carboxylic acid groups (broad SMARTS) is 1. The minimum Gasteiger partial charge on any atom is -0.508 e. The molecular weight excluding hydrogens is 260 g/mol. The molecule has 0 bridgehead atoms. The first-order valence-corrected chi connectivity index (χ1v) is 5.97. The summed E-state index contributed by atoms with van der Waals surface area (Å²) in [6.07, 6.45) is -0.0318. The van der Waals surface area contributed by atoms with E-state index >= 15 is 0 Å². The maximum absolute atomic E-state index is 11.9. The van der Waals surface area contributed by atoms with Crippen LogP contribution in [0.1, 0.15) is 21.7 Å².